The van der Waals surface area contributed by atoms with E-state index < -0.39 is 0 Å². The van der Waals surface area contributed by atoms with Crippen LogP contribution in [0.25, 0.3) is 5.65 Å². The third-order valence-corrected chi connectivity index (χ3v) is 2.86. The fourth-order valence-corrected chi connectivity index (χ4v) is 1.82. The molecule has 0 fully saturated rings. The van der Waals surface area contributed by atoms with Crippen LogP contribution in [-0.4, -0.2) is 14.6 Å². The number of hydrogen-bond acceptors (Lipinski definition) is 2. The quantitative estimate of drug-likeness (QED) is 0.865. The van der Waals surface area contributed by atoms with Gasteiger partial charge in [0.25, 0.3) is 5.56 Å². The maximum Gasteiger partial charge on any atom is 0.271 e. The molecule has 0 aliphatic rings. The van der Waals surface area contributed by atoms with Crippen LogP contribution in [0.5, 0.6) is 0 Å². The molecule has 1 N–H and O–H groups in total. The Morgan fingerprint density at radius 2 is 2.06 bits per heavy atom. The second kappa shape index (κ2) is 4.02. The van der Waals surface area contributed by atoms with Gasteiger partial charge in [-0.05, 0) is 23.5 Å². The van der Waals surface area contributed by atoms with Crippen LogP contribution in [0.4, 0.5) is 0 Å². The van der Waals surface area contributed by atoms with Gasteiger partial charge in [0.05, 0.1) is 0 Å². The highest BCUT2D eigenvalue weighted by Gasteiger charge is 2.16. The van der Waals surface area contributed by atoms with Gasteiger partial charge < -0.3 is 0 Å². The molecule has 0 saturated heterocycles. The average molecular weight is 233 g/mol. The molecule has 0 spiro atoms. The highest BCUT2D eigenvalue weighted by molar-refractivity contribution is 5.42. The molecule has 4 heteroatoms. The van der Waals surface area contributed by atoms with Gasteiger partial charge in [-0.15, -0.1) is 0 Å². The highest BCUT2D eigenvalue weighted by atomic mass is 16.1. The van der Waals surface area contributed by atoms with E-state index in [0.29, 0.717) is 5.65 Å². The largest absolute Gasteiger partial charge is 0.276 e. The van der Waals surface area contributed by atoms with E-state index in [1.54, 1.807) is 6.07 Å². The van der Waals surface area contributed by atoms with Crippen molar-refractivity contribution in [2.75, 3.05) is 0 Å². The summed E-state index contributed by atoms with van der Waals surface area (Å²) in [7, 11) is 0. The molecule has 92 valence electrons. The molecule has 2 rings (SSSR count). The summed E-state index contributed by atoms with van der Waals surface area (Å²) in [5, 5.41) is 3.04. The highest BCUT2D eigenvalue weighted by Crippen LogP contribution is 2.21. The van der Waals surface area contributed by atoms with Gasteiger partial charge in [-0.3, -0.25) is 9.89 Å². The molecule has 17 heavy (non-hydrogen) atoms. The predicted octanol–water partition coefficient (Wildman–Crippen LogP) is 2.27. The third kappa shape index (κ3) is 2.25. The van der Waals surface area contributed by atoms with Crippen LogP contribution >= 0.6 is 0 Å². The van der Waals surface area contributed by atoms with Crippen molar-refractivity contribution in [3.63, 3.8) is 0 Å². The molecule has 0 amide bonds. The first kappa shape index (κ1) is 11.9. The number of aromatic nitrogens is 3. The number of nitrogens with zero attached hydrogens (tertiary/aromatic N) is 2. The Balaban J connectivity index is 2.61. The summed E-state index contributed by atoms with van der Waals surface area (Å²) in [4.78, 5) is 16.4. The van der Waals surface area contributed by atoms with Crippen molar-refractivity contribution >= 4 is 5.65 Å². The molecule has 2 aromatic rings. The van der Waals surface area contributed by atoms with E-state index in [9.17, 15) is 4.79 Å². The summed E-state index contributed by atoms with van der Waals surface area (Å²) in [6.07, 6.45) is 1.88. The summed E-state index contributed by atoms with van der Waals surface area (Å²) in [6.45, 7) is 8.38. The SMILES string of the molecule is CCCc1nc2cc(C(C)(C)C)cc(=O)n2[nH]1. The van der Waals surface area contributed by atoms with Crippen molar-refractivity contribution in [2.24, 2.45) is 0 Å². The Morgan fingerprint density at radius 1 is 1.35 bits per heavy atom. The lowest BCUT2D eigenvalue weighted by Crippen LogP contribution is -2.19. The standard InChI is InChI=1S/C13H19N3O/c1-5-6-10-14-11-7-9(13(2,3)4)8-12(17)16(11)15-10/h7-8H,5-6H2,1-4H3,(H,14,15). The minimum absolute atomic E-state index is 0.0300. The van der Waals surface area contributed by atoms with E-state index in [1.165, 1.54) is 4.52 Å². The molecule has 0 aliphatic carbocycles. The van der Waals surface area contributed by atoms with Crippen LogP contribution in [0.3, 0.4) is 0 Å². The predicted molar refractivity (Wildman–Crippen MR) is 68.5 cm³/mol. The normalized spacial score (nSPS) is 12.2. The molecular formula is C13H19N3O. The minimum atomic E-state index is -0.0396. The van der Waals surface area contributed by atoms with Crippen LogP contribution < -0.4 is 5.56 Å². The minimum Gasteiger partial charge on any atom is -0.276 e. The second-order valence-corrected chi connectivity index (χ2v) is 5.45. The summed E-state index contributed by atoms with van der Waals surface area (Å²) in [6, 6.07) is 3.66. The van der Waals surface area contributed by atoms with E-state index in [0.717, 1.165) is 24.2 Å². The fraction of sp³-hybridized carbons (Fsp3) is 0.538. The van der Waals surface area contributed by atoms with E-state index in [4.69, 9.17) is 0 Å². The Labute approximate surface area is 101 Å². The molecule has 0 aliphatic heterocycles. The van der Waals surface area contributed by atoms with Gasteiger partial charge in [-0.25, -0.2) is 9.50 Å². The van der Waals surface area contributed by atoms with Crippen molar-refractivity contribution < 1.29 is 0 Å². The lowest BCUT2D eigenvalue weighted by atomic mass is 9.88. The van der Waals surface area contributed by atoms with Gasteiger partial charge in [0.2, 0.25) is 0 Å². The summed E-state index contributed by atoms with van der Waals surface area (Å²) >= 11 is 0. The van der Waals surface area contributed by atoms with E-state index in [-0.39, 0.29) is 11.0 Å². The molecule has 0 saturated carbocycles. The van der Waals surface area contributed by atoms with Crippen LogP contribution in [-0.2, 0) is 11.8 Å². The Kier molecular flexibility index (Phi) is 2.81. The molecule has 0 bridgehead atoms. The van der Waals surface area contributed by atoms with Crippen molar-refractivity contribution in [2.45, 2.75) is 46.0 Å². The maximum atomic E-state index is 12.0. The number of H-pyrrole nitrogens is 1. The smallest absolute Gasteiger partial charge is 0.271 e. The first-order chi connectivity index (χ1) is 7.91. The summed E-state index contributed by atoms with van der Waals surface area (Å²) in [5.74, 6) is 0.871. The third-order valence-electron chi connectivity index (χ3n) is 2.86. The molecule has 0 aromatic carbocycles. The fourth-order valence-electron chi connectivity index (χ4n) is 1.82. The van der Waals surface area contributed by atoms with Crippen LogP contribution in [0.15, 0.2) is 16.9 Å². The molecule has 4 nitrogen and oxygen atoms in total. The number of rotatable bonds is 2. The zero-order chi connectivity index (χ0) is 12.6. The number of fused-ring (bicyclic) bond motifs is 1. The average Bonchev–Trinajstić information content (AvgIpc) is 2.60. The Bertz CT molecular complexity index is 587. The van der Waals surface area contributed by atoms with Crippen molar-refractivity contribution in [1.29, 1.82) is 0 Å². The zero-order valence-electron chi connectivity index (χ0n) is 10.9. The molecule has 0 unspecified atom stereocenters. The van der Waals surface area contributed by atoms with Gasteiger partial charge in [0, 0.05) is 12.5 Å². The van der Waals surface area contributed by atoms with Gasteiger partial charge >= 0.3 is 0 Å². The first-order valence-corrected chi connectivity index (χ1v) is 6.04. The van der Waals surface area contributed by atoms with E-state index >= 15 is 0 Å². The molecule has 0 atom stereocenters. The van der Waals surface area contributed by atoms with Gasteiger partial charge in [-0.2, -0.15) is 0 Å². The summed E-state index contributed by atoms with van der Waals surface area (Å²) in [5.41, 5.74) is 1.67. The topological polar surface area (TPSA) is 50.2 Å². The van der Waals surface area contributed by atoms with Gasteiger partial charge in [0.1, 0.15) is 5.82 Å². The lowest BCUT2D eigenvalue weighted by Gasteiger charge is -2.18. The maximum absolute atomic E-state index is 12.0. The lowest BCUT2D eigenvalue weighted by molar-refractivity contribution is 0.588. The number of hydrogen-bond donors (Lipinski definition) is 1. The first-order valence-electron chi connectivity index (χ1n) is 6.04. The van der Waals surface area contributed by atoms with Crippen molar-refractivity contribution in [3.8, 4) is 0 Å². The van der Waals surface area contributed by atoms with Gasteiger partial charge in [0.15, 0.2) is 5.65 Å². The summed E-state index contributed by atoms with van der Waals surface area (Å²) < 4.78 is 1.51. The Hall–Kier alpha value is -1.58. The van der Waals surface area contributed by atoms with Gasteiger partial charge in [-0.1, -0.05) is 27.7 Å². The van der Waals surface area contributed by atoms with Crippen molar-refractivity contribution in [3.05, 3.63) is 33.9 Å². The van der Waals surface area contributed by atoms with Crippen LogP contribution in [0.1, 0.15) is 45.5 Å². The van der Waals surface area contributed by atoms with E-state index in [1.807, 2.05) is 6.07 Å². The number of nitrogens with one attached hydrogen (secondary N) is 1. The number of aryl methyl sites for hydroxylation is 1. The molecular weight excluding hydrogens is 214 g/mol. The zero-order valence-corrected chi connectivity index (χ0v) is 10.9. The molecule has 2 aromatic heterocycles. The number of aromatic amines is 1. The second-order valence-electron chi connectivity index (χ2n) is 5.45. The molecule has 0 radical (unpaired) electrons. The Morgan fingerprint density at radius 3 is 2.65 bits per heavy atom. The van der Waals surface area contributed by atoms with Crippen molar-refractivity contribution in [1.82, 2.24) is 14.6 Å². The van der Waals surface area contributed by atoms with Crippen LogP contribution in [0.2, 0.25) is 0 Å². The number of pyridine rings is 1. The molecule has 2 heterocycles. The van der Waals surface area contributed by atoms with Crippen LogP contribution in [0, 0.1) is 0 Å². The monoisotopic (exact) mass is 233 g/mol. The van der Waals surface area contributed by atoms with E-state index in [2.05, 4.69) is 37.8 Å².